The van der Waals surface area contributed by atoms with Gasteiger partial charge in [0.05, 0.1) is 11.7 Å². The van der Waals surface area contributed by atoms with Crippen LogP contribution in [0.4, 0.5) is 9.18 Å². The molecule has 0 aromatic heterocycles. The van der Waals surface area contributed by atoms with Gasteiger partial charge in [0.15, 0.2) is 11.6 Å². The molecule has 0 bridgehead atoms. The fourth-order valence-electron chi connectivity index (χ4n) is 3.53. The molecular weight excluding hydrogens is 387 g/mol. The molecule has 1 heterocycles. The van der Waals surface area contributed by atoms with Crippen LogP contribution in [0, 0.1) is 5.82 Å². The molecule has 0 radical (unpaired) electrons. The SMILES string of the molecule is O=C1NC(c2ccccc2)=C(c2ccccc2)C(c2cc(F)c(O)c(C(=O)O)c2)N1. The number of rotatable bonds is 4. The van der Waals surface area contributed by atoms with Crippen molar-refractivity contribution in [3.8, 4) is 5.75 Å². The molecule has 0 fully saturated rings. The van der Waals surface area contributed by atoms with Crippen molar-refractivity contribution in [1.29, 1.82) is 0 Å². The molecule has 1 unspecified atom stereocenters. The second-order valence-corrected chi connectivity index (χ2v) is 6.76. The Hall–Kier alpha value is -4.13. The number of aromatic hydroxyl groups is 1. The molecule has 0 spiro atoms. The molecule has 4 rings (SSSR count). The van der Waals surface area contributed by atoms with Crippen molar-refractivity contribution >= 4 is 23.3 Å². The Balaban J connectivity index is 1.99. The largest absolute Gasteiger partial charge is 0.504 e. The second kappa shape index (κ2) is 7.71. The molecular formula is C23H17FN2O4. The van der Waals surface area contributed by atoms with E-state index in [9.17, 15) is 24.2 Å². The lowest BCUT2D eigenvalue weighted by molar-refractivity contribution is 0.0692. The van der Waals surface area contributed by atoms with Crippen molar-refractivity contribution < 1.29 is 24.2 Å². The number of carbonyl (C=O) groups excluding carboxylic acids is 1. The molecule has 1 aliphatic heterocycles. The zero-order chi connectivity index (χ0) is 21.3. The van der Waals surface area contributed by atoms with Crippen LogP contribution in [0.3, 0.4) is 0 Å². The molecule has 7 heteroatoms. The summed E-state index contributed by atoms with van der Waals surface area (Å²) in [6.45, 7) is 0. The Morgan fingerprint density at radius 3 is 2.13 bits per heavy atom. The third kappa shape index (κ3) is 3.48. The molecule has 6 nitrogen and oxygen atoms in total. The fourth-order valence-corrected chi connectivity index (χ4v) is 3.53. The molecule has 0 saturated carbocycles. The summed E-state index contributed by atoms with van der Waals surface area (Å²) in [6.07, 6.45) is 0. The maximum atomic E-state index is 14.3. The first-order valence-electron chi connectivity index (χ1n) is 9.14. The second-order valence-electron chi connectivity index (χ2n) is 6.76. The first-order chi connectivity index (χ1) is 14.5. The van der Waals surface area contributed by atoms with Crippen LogP contribution >= 0.6 is 0 Å². The van der Waals surface area contributed by atoms with Gasteiger partial charge < -0.3 is 20.8 Å². The van der Waals surface area contributed by atoms with Gasteiger partial charge in [0.1, 0.15) is 5.56 Å². The minimum atomic E-state index is -1.47. The van der Waals surface area contributed by atoms with E-state index in [1.165, 1.54) is 6.07 Å². The van der Waals surface area contributed by atoms with Crippen molar-refractivity contribution in [2.45, 2.75) is 6.04 Å². The first kappa shape index (κ1) is 19.2. The highest BCUT2D eigenvalue weighted by molar-refractivity contribution is 6.03. The van der Waals surface area contributed by atoms with Gasteiger partial charge in [0.2, 0.25) is 0 Å². The van der Waals surface area contributed by atoms with Crippen LogP contribution in [0.15, 0.2) is 72.8 Å². The van der Waals surface area contributed by atoms with E-state index in [-0.39, 0.29) is 5.56 Å². The average molecular weight is 404 g/mol. The number of aromatic carboxylic acids is 1. The van der Waals surface area contributed by atoms with Crippen LogP contribution in [-0.2, 0) is 0 Å². The average Bonchev–Trinajstić information content (AvgIpc) is 2.76. The maximum absolute atomic E-state index is 14.3. The first-order valence-corrected chi connectivity index (χ1v) is 9.14. The van der Waals surface area contributed by atoms with Crippen molar-refractivity contribution in [1.82, 2.24) is 10.6 Å². The quantitative estimate of drug-likeness (QED) is 0.525. The highest BCUT2D eigenvalue weighted by atomic mass is 19.1. The molecule has 3 aromatic rings. The summed E-state index contributed by atoms with van der Waals surface area (Å²) in [5, 5.41) is 24.7. The number of nitrogens with one attached hydrogen (secondary N) is 2. The van der Waals surface area contributed by atoms with Gasteiger partial charge >= 0.3 is 12.0 Å². The van der Waals surface area contributed by atoms with E-state index in [1.54, 1.807) is 0 Å². The molecule has 4 N–H and O–H groups in total. The van der Waals surface area contributed by atoms with Gasteiger partial charge in [-0.05, 0) is 28.8 Å². The fraction of sp³-hybridized carbons (Fsp3) is 0.0435. The van der Waals surface area contributed by atoms with Crippen molar-refractivity contribution in [2.24, 2.45) is 0 Å². The smallest absolute Gasteiger partial charge is 0.339 e. The summed E-state index contributed by atoms with van der Waals surface area (Å²) in [4.78, 5) is 23.9. The summed E-state index contributed by atoms with van der Waals surface area (Å²) in [6, 6.07) is 19.2. The van der Waals surface area contributed by atoms with Crippen LogP contribution in [0.1, 0.15) is 33.1 Å². The van der Waals surface area contributed by atoms with E-state index in [2.05, 4.69) is 10.6 Å². The number of halogens is 1. The van der Waals surface area contributed by atoms with Gasteiger partial charge in [-0.15, -0.1) is 0 Å². The molecule has 0 aliphatic carbocycles. The van der Waals surface area contributed by atoms with Crippen LogP contribution < -0.4 is 10.6 Å². The number of carboxylic acids is 1. The third-order valence-electron chi connectivity index (χ3n) is 4.87. The lowest BCUT2D eigenvalue weighted by Gasteiger charge is -2.31. The number of urea groups is 1. The number of hydrogen-bond donors (Lipinski definition) is 4. The zero-order valence-corrected chi connectivity index (χ0v) is 15.6. The molecule has 3 aromatic carbocycles. The third-order valence-corrected chi connectivity index (χ3v) is 4.87. The molecule has 0 saturated heterocycles. The molecule has 30 heavy (non-hydrogen) atoms. The van der Waals surface area contributed by atoms with Crippen LogP contribution in [0.5, 0.6) is 5.75 Å². The maximum Gasteiger partial charge on any atom is 0.339 e. The summed E-state index contributed by atoms with van der Waals surface area (Å²) in [7, 11) is 0. The number of hydrogen-bond acceptors (Lipinski definition) is 3. The van der Waals surface area contributed by atoms with Crippen molar-refractivity contribution in [2.75, 3.05) is 0 Å². The number of amides is 2. The molecule has 2 amide bonds. The Morgan fingerprint density at radius 2 is 1.53 bits per heavy atom. The summed E-state index contributed by atoms with van der Waals surface area (Å²) in [5.74, 6) is -3.49. The lowest BCUT2D eigenvalue weighted by Crippen LogP contribution is -2.43. The Bertz CT molecular complexity index is 1160. The van der Waals surface area contributed by atoms with Crippen LogP contribution in [0.25, 0.3) is 11.3 Å². The summed E-state index contributed by atoms with van der Waals surface area (Å²) < 4.78 is 14.3. The number of benzene rings is 3. The van der Waals surface area contributed by atoms with Gasteiger partial charge in [-0.2, -0.15) is 0 Å². The Kier molecular flexibility index (Phi) is 4.93. The highest BCUT2D eigenvalue weighted by Gasteiger charge is 2.31. The minimum Gasteiger partial charge on any atom is -0.504 e. The summed E-state index contributed by atoms with van der Waals surface area (Å²) >= 11 is 0. The standard InChI is InChI=1S/C23H17FN2O4/c24-17-12-15(11-16(21(17)27)22(28)29)20-18(13-7-3-1-4-8-13)19(25-23(30)26-20)14-9-5-2-6-10-14/h1-12,20,27H,(H,28,29)(H2,25,26,30). The van der Waals surface area contributed by atoms with E-state index < -0.39 is 35.2 Å². The van der Waals surface area contributed by atoms with Crippen molar-refractivity contribution in [3.05, 3.63) is 101 Å². The van der Waals surface area contributed by atoms with E-state index >= 15 is 0 Å². The lowest BCUT2D eigenvalue weighted by atomic mass is 9.87. The molecule has 1 aliphatic rings. The van der Waals surface area contributed by atoms with Crippen LogP contribution in [0.2, 0.25) is 0 Å². The zero-order valence-electron chi connectivity index (χ0n) is 15.6. The highest BCUT2D eigenvalue weighted by Crippen LogP contribution is 2.39. The number of phenols is 1. The van der Waals surface area contributed by atoms with Crippen molar-refractivity contribution in [3.63, 3.8) is 0 Å². The Labute approximate surface area is 171 Å². The van der Waals surface area contributed by atoms with Gasteiger partial charge in [0, 0.05) is 5.57 Å². The number of carboxylic acid groups (broad SMARTS) is 1. The van der Waals surface area contributed by atoms with Gasteiger partial charge in [-0.25, -0.2) is 14.0 Å². The predicted molar refractivity (Wildman–Crippen MR) is 109 cm³/mol. The van der Waals surface area contributed by atoms with E-state index in [0.29, 0.717) is 11.3 Å². The van der Waals surface area contributed by atoms with E-state index in [4.69, 9.17) is 0 Å². The van der Waals surface area contributed by atoms with Gasteiger partial charge in [0.25, 0.3) is 0 Å². The molecule has 150 valence electrons. The topological polar surface area (TPSA) is 98.7 Å². The molecule has 1 atom stereocenters. The predicted octanol–water partition coefficient (Wildman–Crippen LogP) is 4.15. The van der Waals surface area contributed by atoms with E-state index in [1.807, 2.05) is 60.7 Å². The number of carbonyl (C=O) groups is 2. The Morgan fingerprint density at radius 1 is 0.933 bits per heavy atom. The van der Waals surface area contributed by atoms with E-state index in [0.717, 1.165) is 17.2 Å². The van der Waals surface area contributed by atoms with Gasteiger partial charge in [-0.1, -0.05) is 60.7 Å². The normalized spacial score (nSPS) is 16.0. The van der Waals surface area contributed by atoms with Gasteiger partial charge in [-0.3, -0.25) is 0 Å². The van der Waals surface area contributed by atoms with Crippen LogP contribution in [-0.4, -0.2) is 22.2 Å². The monoisotopic (exact) mass is 404 g/mol. The minimum absolute atomic E-state index is 0.199. The summed E-state index contributed by atoms with van der Waals surface area (Å²) in [5.41, 5.74) is 2.30.